The first-order valence-electron chi connectivity index (χ1n) is 12.6. The fourth-order valence-electron chi connectivity index (χ4n) is 4.13. The van der Waals surface area contributed by atoms with E-state index >= 15 is 0 Å². The molecule has 0 unspecified atom stereocenters. The molecule has 0 aromatic heterocycles. The number of phenolic OH excluding ortho intramolecular Hbond substituents is 2. The monoisotopic (exact) mass is 569 g/mol. The van der Waals surface area contributed by atoms with E-state index in [2.05, 4.69) is 0 Å². The van der Waals surface area contributed by atoms with Crippen molar-refractivity contribution in [2.24, 2.45) is 0 Å². The van der Waals surface area contributed by atoms with Crippen molar-refractivity contribution in [1.29, 1.82) is 0 Å². The smallest absolute Gasteiger partial charge is 0.343 e. The maximum atomic E-state index is 14.1. The lowest BCUT2D eigenvalue weighted by Crippen LogP contribution is -2.22. The average molecular weight is 570 g/mol. The van der Waals surface area contributed by atoms with Gasteiger partial charge in [0, 0.05) is 11.6 Å². The Morgan fingerprint density at radius 2 is 1.29 bits per heavy atom. The Morgan fingerprint density at radius 1 is 0.714 bits per heavy atom. The van der Waals surface area contributed by atoms with Gasteiger partial charge >= 0.3 is 11.9 Å². The minimum absolute atomic E-state index is 0.0278. The molecule has 0 radical (unpaired) electrons. The molecule has 0 atom stereocenters. The summed E-state index contributed by atoms with van der Waals surface area (Å²) in [5.74, 6) is -7.97. The molecular weight excluding hydrogens is 546 g/mol. The highest BCUT2D eigenvalue weighted by molar-refractivity contribution is 6.24. The first-order chi connectivity index (χ1) is 20.2. The quantitative estimate of drug-likeness (QED) is 0.0641. The summed E-state index contributed by atoms with van der Waals surface area (Å²) in [6.07, 6.45) is 0.334. The summed E-state index contributed by atoms with van der Waals surface area (Å²) in [5.41, 5.74) is -3.82. The number of carbonyl (C=O) groups excluding carboxylic acids is 4. The van der Waals surface area contributed by atoms with Crippen molar-refractivity contribution in [3.8, 4) is 17.2 Å². The third kappa shape index (κ3) is 5.70. The van der Waals surface area contributed by atoms with Gasteiger partial charge in [0.25, 0.3) is 5.69 Å². The molecule has 11 nitrogen and oxygen atoms in total. The van der Waals surface area contributed by atoms with Crippen LogP contribution in [0.15, 0.2) is 84.9 Å². The second-order valence-corrected chi connectivity index (χ2v) is 8.84. The first kappa shape index (κ1) is 29.2. The summed E-state index contributed by atoms with van der Waals surface area (Å²) in [5, 5.41) is 33.9. The van der Waals surface area contributed by atoms with Gasteiger partial charge in [0.05, 0.1) is 33.8 Å². The summed E-state index contributed by atoms with van der Waals surface area (Å²) in [4.78, 5) is 65.2. The molecule has 212 valence electrons. The number of carbonyl (C=O) groups is 4. The number of nitrogens with zero attached hydrogens (tertiary/aromatic N) is 1. The zero-order valence-corrected chi connectivity index (χ0v) is 22.1. The van der Waals surface area contributed by atoms with E-state index in [4.69, 9.17) is 9.47 Å². The maximum absolute atomic E-state index is 14.1. The Kier molecular flexibility index (Phi) is 8.72. The average Bonchev–Trinajstić information content (AvgIpc) is 3.02. The van der Waals surface area contributed by atoms with Crippen LogP contribution in [0.3, 0.4) is 0 Å². The number of esters is 2. The molecule has 4 aromatic carbocycles. The molecule has 0 fully saturated rings. The number of hydrogen-bond acceptors (Lipinski definition) is 10. The van der Waals surface area contributed by atoms with Crippen LogP contribution in [0.5, 0.6) is 17.2 Å². The van der Waals surface area contributed by atoms with E-state index in [-0.39, 0.29) is 17.7 Å². The maximum Gasteiger partial charge on any atom is 0.343 e. The van der Waals surface area contributed by atoms with Crippen LogP contribution in [0.2, 0.25) is 0 Å². The molecule has 11 heteroatoms. The summed E-state index contributed by atoms with van der Waals surface area (Å²) in [6, 6.07) is 19.5. The molecule has 0 saturated carbocycles. The Balaban J connectivity index is 2.09. The Labute approximate surface area is 238 Å². The fourth-order valence-corrected chi connectivity index (χ4v) is 4.13. The lowest BCUT2D eigenvalue weighted by molar-refractivity contribution is -0.385. The molecule has 0 aliphatic heterocycles. The molecule has 0 bridgehead atoms. The summed E-state index contributed by atoms with van der Waals surface area (Å²) in [6.45, 7) is 1.52. The first-order valence-corrected chi connectivity index (χ1v) is 12.6. The van der Waals surface area contributed by atoms with Gasteiger partial charge in [-0.1, -0.05) is 67.6 Å². The van der Waals surface area contributed by atoms with Gasteiger partial charge in [-0.25, -0.2) is 9.59 Å². The molecular formula is C31H23NO10. The number of nitro groups is 1. The van der Waals surface area contributed by atoms with Gasteiger partial charge in [-0.15, -0.1) is 0 Å². The van der Waals surface area contributed by atoms with Crippen molar-refractivity contribution in [1.82, 2.24) is 0 Å². The van der Waals surface area contributed by atoms with E-state index < -0.39 is 73.6 Å². The van der Waals surface area contributed by atoms with E-state index in [1.54, 1.807) is 19.1 Å². The summed E-state index contributed by atoms with van der Waals surface area (Å²) >= 11 is 0. The van der Waals surface area contributed by atoms with Crippen LogP contribution < -0.4 is 4.74 Å². The number of para-hydroxylation sites is 1. The van der Waals surface area contributed by atoms with Crippen LogP contribution in [0.1, 0.15) is 65.9 Å². The lowest BCUT2D eigenvalue weighted by atomic mass is 9.88. The number of rotatable bonds is 10. The SMILES string of the molecule is CCCOC(=O)c1c(C(=O)c2ccccc2)c(O)c(O)c(OC(=O)c2ccccc2)c1C(=O)c1ccccc1[N+](=O)[O-]. The third-order valence-corrected chi connectivity index (χ3v) is 6.08. The molecule has 42 heavy (non-hydrogen) atoms. The van der Waals surface area contributed by atoms with E-state index in [0.717, 1.165) is 12.1 Å². The number of aromatic hydroxyl groups is 2. The van der Waals surface area contributed by atoms with Gasteiger partial charge in [0.1, 0.15) is 5.56 Å². The Bertz CT molecular complexity index is 1700. The van der Waals surface area contributed by atoms with Gasteiger partial charge in [-0.3, -0.25) is 19.7 Å². The topological polar surface area (TPSA) is 170 Å². The molecule has 4 aromatic rings. The highest BCUT2D eigenvalue weighted by Crippen LogP contribution is 2.47. The molecule has 4 rings (SSSR count). The molecule has 0 aliphatic rings. The number of ether oxygens (including phenoxy) is 2. The van der Waals surface area contributed by atoms with E-state index in [9.17, 15) is 39.5 Å². The van der Waals surface area contributed by atoms with Crippen molar-refractivity contribution in [2.45, 2.75) is 13.3 Å². The van der Waals surface area contributed by atoms with E-state index in [1.807, 2.05) is 0 Å². The number of benzene rings is 4. The largest absolute Gasteiger partial charge is 0.504 e. The van der Waals surface area contributed by atoms with E-state index in [1.165, 1.54) is 60.7 Å². The van der Waals surface area contributed by atoms with Crippen LogP contribution in [0.4, 0.5) is 5.69 Å². The van der Waals surface area contributed by atoms with Crippen LogP contribution in [0.25, 0.3) is 0 Å². The van der Waals surface area contributed by atoms with Gasteiger partial charge in [-0.2, -0.15) is 0 Å². The standard InChI is InChI=1S/C31H23NO10/c1-2-17-41-31(38)22-23(25(33)18-11-5-3-6-12-18)27(35)28(36)29(42-30(37)19-13-7-4-8-14-19)24(22)26(34)20-15-9-10-16-21(20)32(39)40/h3-16,35-36H,2,17H2,1H3. The minimum Gasteiger partial charge on any atom is -0.504 e. The second kappa shape index (κ2) is 12.6. The molecule has 0 aliphatic carbocycles. The van der Waals surface area contributed by atoms with Crippen LogP contribution >= 0.6 is 0 Å². The zero-order valence-electron chi connectivity index (χ0n) is 22.1. The molecule has 0 spiro atoms. The molecule has 0 amide bonds. The van der Waals surface area contributed by atoms with Crippen LogP contribution in [0, 0.1) is 10.1 Å². The van der Waals surface area contributed by atoms with Crippen LogP contribution in [-0.2, 0) is 4.74 Å². The predicted octanol–water partition coefficient (Wildman–Crippen LogP) is 5.25. The van der Waals surface area contributed by atoms with Crippen molar-refractivity contribution in [2.75, 3.05) is 6.61 Å². The Hall–Kier alpha value is -5.84. The van der Waals surface area contributed by atoms with Crippen molar-refractivity contribution < 1.29 is 43.8 Å². The number of ketones is 2. The number of nitro benzene ring substituents is 1. The summed E-state index contributed by atoms with van der Waals surface area (Å²) in [7, 11) is 0. The van der Waals surface area contributed by atoms with Gasteiger partial charge < -0.3 is 19.7 Å². The van der Waals surface area contributed by atoms with Crippen molar-refractivity contribution >= 4 is 29.2 Å². The lowest BCUT2D eigenvalue weighted by Gasteiger charge is -2.20. The Morgan fingerprint density at radius 3 is 1.88 bits per heavy atom. The zero-order chi connectivity index (χ0) is 30.4. The fraction of sp³-hybridized carbons (Fsp3) is 0.0968. The summed E-state index contributed by atoms with van der Waals surface area (Å²) < 4.78 is 10.6. The number of phenols is 2. The molecule has 0 heterocycles. The second-order valence-electron chi connectivity index (χ2n) is 8.84. The van der Waals surface area contributed by atoms with Crippen LogP contribution in [-0.4, -0.2) is 45.2 Å². The highest BCUT2D eigenvalue weighted by atomic mass is 16.6. The normalized spacial score (nSPS) is 10.5. The predicted molar refractivity (Wildman–Crippen MR) is 148 cm³/mol. The molecule has 0 saturated heterocycles. The molecule has 2 N–H and O–H groups in total. The van der Waals surface area contributed by atoms with Gasteiger partial charge in [0.15, 0.2) is 17.3 Å². The van der Waals surface area contributed by atoms with E-state index in [0.29, 0.717) is 6.42 Å². The van der Waals surface area contributed by atoms with Crippen molar-refractivity contribution in [3.05, 3.63) is 128 Å². The highest BCUT2D eigenvalue weighted by Gasteiger charge is 2.39. The third-order valence-electron chi connectivity index (χ3n) is 6.08. The number of hydrogen-bond donors (Lipinski definition) is 2. The van der Waals surface area contributed by atoms with Crippen molar-refractivity contribution in [3.63, 3.8) is 0 Å². The van der Waals surface area contributed by atoms with Gasteiger partial charge in [-0.05, 0) is 24.6 Å². The minimum atomic E-state index is -1.27. The van der Waals surface area contributed by atoms with Gasteiger partial charge in [0.2, 0.25) is 11.5 Å².